The Bertz CT molecular complexity index is 209. The Kier molecular flexibility index (Phi) is 3.33. The molecule has 15 heavy (non-hydrogen) atoms. The second kappa shape index (κ2) is 4.40. The van der Waals surface area contributed by atoms with Crippen LogP contribution in [0.4, 0.5) is 0 Å². The van der Waals surface area contributed by atoms with Crippen LogP contribution in [0, 0.1) is 0 Å². The lowest BCUT2D eigenvalue weighted by Gasteiger charge is -2.30. The minimum absolute atomic E-state index is 0.390. The predicted octanol–water partition coefficient (Wildman–Crippen LogP) is 0.764. The number of rotatable bonds is 3. The maximum atomic E-state index is 3.65. The molecule has 88 valence electrons. The van der Waals surface area contributed by atoms with Crippen molar-refractivity contribution in [2.45, 2.75) is 37.8 Å². The first kappa shape index (κ1) is 11.4. The highest BCUT2D eigenvalue weighted by Crippen LogP contribution is 2.22. The summed E-state index contributed by atoms with van der Waals surface area (Å²) in [5.41, 5.74) is 0.390. The molecule has 0 amide bonds. The summed E-state index contributed by atoms with van der Waals surface area (Å²) in [6.07, 6.45) is 4.03. The van der Waals surface area contributed by atoms with E-state index in [1.165, 1.54) is 45.4 Å². The van der Waals surface area contributed by atoms with Gasteiger partial charge >= 0.3 is 0 Å². The maximum absolute atomic E-state index is 3.65. The van der Waals surface area contributed by atoms with Gasteiger partial charge in [-0.2, -0.15) is 0 Å². The molecule has 2 aliphatic rings. The van der Waals surface area contributed by atoms with Crippen LogP contribution < -0.4 is 5.32 Å². The van der Waals surface area contributed by atoms with Gasteiger partial charge in [0, 0.05) is 24.7 Å². The van der Waals surface area contributed by atoms with Crippen LogP contribution in [0.15, 0.2) is 0 Å². The topological polar surface area (TPSA) is 18.5 Å². The van der Waals surface area contributed by atoms with Gasteiger partial charge in [0.2, 0.25) is 0 Å². The highest BCUT2D eigenvalue weighted by atomic mass is 15.2. The van der Waals surface area contributed by atoms with E-state index in [1.54, 1.807) is 0 Å². The average molecular weight is 211 g/mol. The monoisotopic (exact) mass is 211 g/mol. The maximum Gasteiger partial charge on any atom is 0.0280 e. The van der Waals surface area contributed by atoms with Gasteiger partial charge in [0.05, 0.1) is 0 Å². The van der Waals surface area contributed by atoms with Crippen molar-refractivity contribution in [2.75, 3.05) is 40.3 Å². The van der Waals surface area contributed by atoms with Gasteiger partial charge < -0.3 is 10.2 Å². The van der Waals surface area contributed by atoms with E-state index in [2.05, 4.69) is 36.1 Å². The van der Waals surface area contributed by atoms with Gasteiger partial charge in [0.15, 0.2) is 0 Å². The van der Waals surface area contributed by atoms with E-state index in [4.69, 9.17) is 0 Å². The molecule has 2 fully saturated rings. The lowest BCUT2D eigenvalue weighted by molar-refractivity contribution is 0.218. The van der Waals surface area contributed by atoms with Crippen molar-refractivity contribution in [2.24, 2.45) is 0 Å². The Balaban J connectivity index is 1.81. The van der Waals surface area contributed by atoms with Crippen LogP contribution in [0.1, 0.15) is 26.2 Å². The number of nitrogens with zero attached hydrogens (tertiary/aromatic N) is 2. The Morgan fingerprint density at radius 3 is 2.80 bits per heavy atom. The number of nitrogens with one attached hydrogen (secondary N) is 1. The quantitative estimate of drug-likeness (QED) is 0.744. The van der Waals surface area contributed by atoms with Gasteiger partial charge in [0.1, 0.15) is 0 Å². The molecule has 0 saturated carbocycles. The van der Waals surface area contributed by atoms with Gasteiger partial charge in [-0.15, -0.1) is 0 Å². The highest BCUT2D eigenvalue weighted by molar-refractivity contribution is 4.94. The van der Waals surface area contributed by atoms with E-state index in [0.717, 1.165) is 6.04 Å². The molecule has 1 N–H and O–H groups in total. The van der Waals surface area contributed by atoms with Gasteiger partial charge in [-0.3, -0.25) is 4.90 Å². The van der Waals surface area contributed by atoms with Gasteiger partial charge in [-0.1, -0.05) is 0 Å². The molecule has 2 saturated heterocycles. The zero-order valence-corrected chi connectivity index (χ0v) is 10.4. The van der Waals surface area contributed by atoms with E-state index >= 15 is 0 Å². The number of likely N-dealkylation sites (tertiary alicyclic amines) is 1. The number of likely N-dealkylation sites (N-methyl/N-ethyl adjacent to an activating group) is 1. The first-order chi connectivity index (χ1) is 7.09. The summed E-state index contributed by atoms with van der Waals surface area (Å²) in [5.74, 6) is 0. The highest BCUT2D eigenvalue weighted by Gasteiger charge is 2.33. The summed E-state index contributed by atoms with van der Waals surface area (Å²) in [7, 11) is 4.40. The van der Waals surface area contributed by atoms with Gasteiger partial charge in [0.25, 0.3) is 0 Å². The van der Waals surface area contributed by atoms with Crippen LogP contribution in [0.25, 0.3) is 0 Å². The predicted molar refractivity (Wildman–Crippen MR) is 64.2 cm³/mol. The molecule has 0 spiro atoms. The molecule has 0 aromatic rings. The lowest BCUT2D eigenvalue weighted by atomic mass is 10.00. The van der Waals surface area contributed by atoms with Crippen molar-refractivity contribution in [1.29, 1.82) is 0 Å². The smallest absolute Gasteiger partial charge is 0.0280 e. The summed E-state index contributed by atoms with van der Waals surface area (Å²) in [4.78, 5) is 4.99. The molecule has 0 aliphatic carbocycles. The van der Waals surface area contributed by atoms with Crippen LogP contribution in [0.3, 0.4) is 0 Å². The second-order valence-corrected chi connectivity index (χ2v) is 5.73. The molecule has 0 aromatic carbocycles. The molecule has 2 unspecified atom stereocenters. The Morgan fingerprint density at radius 2 is 2.27 bits per heavy atom. The molecule has 3 heteroatoms. The van der Waals surface area contributed by atoms with Gasteiger partial charge in [-0.05, 0) is 53.4 Å². The molecule has 3 nitrogen and oxygen atoms in total. The zero-order valence-electron chi connectivity index (χ0n) is 10.4. The molecule has 0 radical (unpaired) electrons. The third kappa shape index (κ3) is 2.71. The Labute approximate surface area is 93.8 Å². The number of hydrogen-bond donors (Lipinski definition) is 1. The molecular weight excluding hydrogens is 186 g/mol. The van der Waals surface area contributed by atoms with Crippen molar-refractivity contribution in [3.05, 3.63) is 0 Å². The lowest BCUT2D eigenvalue weighted by Crippen LogP contribution is -2.47. The SMILES string of the molecule is CN(C)C1CCN(CC2(C)CCCN2)C1. The summed E-state index contributed by atoms with van der Waals surface area (Å²) in [6, 6.07) is 0.773. The van der Waals surface area contributed by atoms with Crippen molar-refractivity contribution in [1.82, 2.24) is 15.1 Å². The first-order valence-electron chi connectivity index (χ1n) is 6.23. The van der Waals surface area contributed by atoms with Crippen molar-refractivity contribution >= 4 is 0 Å². The first-order valence-corrected chi connectivity index (χ1v) is 6.23. The van der Waals surface area contributed by atoms with E-state index in [9.17, 15) is 0 Å². The number of hydrogen-bond acceptors (Lipinski definition) is 3. The van der Waals surface area contributed by atoms with E-state index < -0.39 is 0 Å². The van der Waals surface area contributed by atoms with Crippen LogP contribution in [0.2, 0.25) is 0 Å². The third-order valence-electron chi connectivity index (χ3n) is 4.01. The summed E-state index contributed by atoms with van der Waals surface area (Å²) < 4.78 is 0. The molecule has 2 heterocycles. The van der Waals surface area contributed by atoms with E-state index in [1.807, 2.05) is 0 Å². The minimum Gasteiger partial charge on any atom is -0.310 e. The zero-order chi connectivity index (χ0) is 10.9. The third-order valence-corrected chi connectivity index (χ3v) is 4.01. The summed E-state index contributed by atoms with van der Waals surface area (Å²) >= 11 is 0. The van der Waals surface area contributed by atoms with E-state index in [0.29, 0.717) is 5.54 Å². The standard InChI is InChI=1S/C12H25N3/c1-12(6-4-7-13-12)10-15-8-5-11(9-15)14(2)3/h11,13H,4-10H2,1-3H3. The molecule has 2 atom stereocenters. The van der Waals surface area contributed by atoms with Crippen LogP contribution in [-0.2, 0) is 0 Å². The minimum atomic E-state index is 0.390. The van der Waals surface area contributed by atoms with Crippen LogP contribution in [-0.4, -0.2) is 61.7 Å². The second-order valence-electron chi connectivity index (χ2n) is 5.73. The van der Waals surface area contributed by atoms with Crippen LogP contribution >= 0.6 is 0 Å². The Hall–Kier alpha value is -0.120. The van der Waals surface area contributed by atoms with Crippen molar-refractivity contribution in [3.8, 4) is 0 Å². The van der Waals surface area contributed by atoms with Crippen LogP contribution in [0.5, 0.6) is 0 Å². The molecule has 2 aliphatic heterocycles. The molecular formula is C12H25N3. The molecule has 2 rings (SSSR count). The van der Waals surface area contributed by atoms with Crippen molar-refractivity contribution in [3.63, 3.8) is 0 Å². The van der Waals surface area contributed by atoms with Gasteiger partial charge in [-0.25, -0.2) is 0 Å². The average Bonchev–Trinajstić information content (AvgIpc) is 2.75. The fourth-order valence-corrected chi connectivity index (χ4v) is 2.96. The fourth-order valence-electron chi connectivity index (χ4n) is 2.96. The van der Waals surface area contributed by atoms with Crippen molar-refractivity contribution < 1.29 is 0 Å². The Morgan fingerprint density at radius 1 is 1.47 bits per heavy atom. The molecule has 0 bridgehead atoms. The molecule has 0 aromatic heterocycles. The normalized spacial score (nSPS) is 38.0. The summed E-state index contributed by atoms with van der Waals surface area (Å²) in [5, 5.41) is 3.65. The summed E-state index contributed by atoms with van der Waals surface area (Å²) in [6.45, 7) is 7.35. The fraction of sp³-hybridized carbons (Fsp3) is 1.00. The van der Waals surface area contributed by atoms with E-state index in [-0.39, 0.29) is 0 Å². The largest absolute Gasteiger partial charge is 0.310 e.